The van der Waals surface area contributed by atoms with Crippen molar-refractivity contribution < 1.29 is 22.7 Å². The molecule has 1 saturated heterocycles. The Morgan fingerprint density at radius 2 is 1.91 bits per heavy atom. The molecule has 14 heteroatoms. The molecule has 33 heavy (non-hydrogen) atoms. The Morgan fingerprint density at radius 3 is 2.55 bits per heavy atom. The number of hydrogen-bond donors (Lipinski definition) is 2. The molecule has 3 heterocycles. The normalized spacial score (nSPS) is 15.4. The summed E-state index contributed by atoms with van der Waals surface area (Å²) in [6.07, 6.45) is -1.37. The first-order valence-electron chi connectivity index (χ1n) is 10.1. The van der Waals surface area contributed by atoms with Crippen molar-refractivity contribution in [1.82, 2.24) is 25.1 Å². The first-order valence-corrected chi connectivity index (χ1v) is 10.5. The van der Waals surface area contributed by atoms with Gasteiger partial charge in [0.05, 0.1) is 37.1 Å². The Bertz CT molecular complexity index is 995. The molecule has 2 aromatic rings. The van der Waals surface area contributed by atoms with Crippen LogP contribution in [0, 0.1) is 0 Å². The maximum atomic E-state index is 12.6. The summed E-state index contributed by atoms with van der Waals surface area (Å²) in [6.45, 7) is 4.00. The number of aromatic amines is 1. The van der Waals surface area contributed by atoms with Crippen molar-refractivity contribution in [3.63, 3.8) is 0 Å². The third-order valence-electron chi connectivity index (χ3n) is 4.91. The first-order chi connectivity index (χ1) is 15.6. The summed E-state index contributed by atoms with van der Waals surface area (Å²) in [7, 11) is 0. The summed E-state index contributed by atoms with van der Waals surface area (Å²) < 4.78 is 43.4. The average Bonchev–Trinajstić information content (AvgIpc) is 2.79. The van der Waals surface area contributed by atoms with E-state index in [0.29, 0.717) is 31.9 Å². The highest BCUT2D eigenvalue weighted by atomic mass is 35.5. The van der Waals surface area contributed by atoms with Gasteiger partial charge in [0, 0.05) is 44.6 Å². The highest BCUT2D eigenvalue weighted by Gasteiger charge is 2.32. The number of carbonyl (C=O) groups excluding carboxylic acids is 1. The van der Waals surface area contributed by atoms with Gasteiger partial charge in [0.2, 0.25) is 11.9 Å². The SMILES string of the molecule is CC(COCCC(=O)N1CCN(c2ncc(C(F)(F)F)cn2)CC1)Nc1cn[nH]c(=O)c1Cl. The number of hydrogen-bond acceptors (Lipinski definition) is 8. The number of carbonyl (C=O) groups is 1. The van der Waals surface area contributed by atoms with Crippen LogP contribution < -0.4 is 15.8 Å². The van der Waals surface area contributed by atoms with Gasteiger partial charge in [-0.2, -0.15) is 18.3 Å². The fourth-order valence-corrected chi connectivity index (χ4v) is 3.30. The van der Waals surface area contributed by atoms with Crippen molar-refractivity contribution in [3.05, 3.63) is 39.5 Å². The molecule has 3 rings (SSSR count). The molecule has 1 aliphatic heterocycles. The molecule has 0 aliphatic carbocycles. The minimum atomic E-state index is -4.48. The number of rotatable bonds is 8. The van der Waals surface area contributed by atoms with Crippen LogP contribution in [0.4, 0.5) is 24.8 Å². The van der Waals surface area contributed by atoms with Gasteiger partial charge < -0.3 is 19.9 Å². The molecule has 1 atom stereocenters. The highest BCUT2D eigenvalue weighted by Crippen LogP contribution is 2.28. The van der Waals surface area contributed by atoms with Crippen LogP contribution in [-0.2, 0) is 15.7 Å². The third kappa shape index (κ3) is 6.78. The molecule has 0 aromatic carbocycles. The van der Waals surface area contributed by atoms with E-state index in [4.69, 9.17) is 16.3 Å². The molecule has 1 aliphatic rings. The lowest BCUT2D eigenvalue weighted by Gasteiger charge is -2.34. The smallest absolute Gasteiger partial charge is 0.379 e. The zero-order valence-electron chi connectivity index (χ0n) is 17.7. The number of nitrogens with zero attached hydrogens (tertiary/aromatic N) is 5. The Labute approximate surface area is 192 Å². The number of alkyl halides is 3. The van der Waals surface area contributed by atoms with Crippen molar-refractivity contribution in [1.29, 1.82) is 0 Å². The van der Waals surface area contributed by atoms with Crippen LogP contribution in [0.5, 0.6) is 0 Å². The van der Waals surface area contributed by atoms with Crippen LogP contribution in [0.25, 0.3) is 0 Å². The molecule has 2 N–H and O–H groups in total. The van der Waals surface area contributed by atoms with Crippen molar-refractivity contribution in [2.24, 2.45) is 0 Å². The van der Waals surface area contributed by atoms with Crippen molar-refractivity contribution in [3.8, 4) is 0 Å². The van der Waals surface area contributed by atoms with Crippen LogP contribution in [0.2, 0.25) is 5.02 Å². The van der Waals surface area contributed by atoms with Gasteiger partial charge in [0.1, 0.15) is 5.02 Å². The highest BCUT2D eigenvalue weighted by molar-refractivity contribution is 6.32. The Balaban J connectivity index is 1.36. The summed E-state index contributed by atoms with van der Waals surface area (Å²) in [6, 6.07) is -0.173. The fourth-order valence-electron chi connectivity index (χ4n) is 3.16. The van der Waals surface area contributed by atoms with Crippen LogP contribution in [-0.4, -0.2) is 76.4 Å². The van der Waals surface area contributed by atoms with E-state index in [0.717, 1.165) is 12.4 Å². The van der Waals surface area contributed by atoms with Gasteiger partial charge in [-0.15, -0.1) is 0 Å². The maximum Gasteiger partial charge on any atom is 0.419 e. The van der Waals surface area contributed by atoms with E-state index >= 15 is 0 Å². The molecule has 10 nitrogen and oxygen atoms in total. The largest absolute Gasteiger partial charge is 0.419 e. The third-order valence-corrected chi connectivity index (χ3v) is 5.28. The predicted octanol–water partition coefficient (Wildman–Crippen LogP) is 1.79. The number of piperazine rings is 1. The number of aromatic nitrogens is 4. The lowest BCUT2D eigenvalue weighted by molar-refractivity contribution is -0.138. The van der Waals surface area contributed by atoms with Crippen molar-refractivity contribution in [2.75, 3.05) is 49.6 Å². The number of nitrogens with one attached hydrogen (secondary N) is 2. The topological polar surface area (TPSA) is 116 Å². The van der Waals surface area contributed by atoms with Gasteiger partial charge >= 0.3 is 6.18 Å². The first kappa shape index (κ1) is 24.7. The lowest BCUT2D eigenvalue weighted by Crippen LogP contribution is -2.49. The summed E-state index contributed by atoms with van der Waals surface area (Å²) in [4.78, 5) is 34.8. The van der Waals surface area contributed by atoms with Gasteiger partial charge in [-0.05, 0) is 6.92 Å². The molecule has 180 valence electrons. The molecule has 0 spiro atoms. The second-order valence-electron chi connectivity index (χ2n) is 7.43. The van der Waals surface area contributed by atoms with Gasteiger partial charge in [0.25, 0.3) is 5.56 Å². The van der Waals surface area contributed by atoms with E-state index in [9.17, 15) is 22.8 Å². The Kier molecular flexibility index (Phi) is 8.08. The van der Waals surface area contributed by atoms with E-state index in [1.807, 2.05) is 6.92 Å². The second kappa shape index (κ2) is 10.8. The van der Waals surface area contributed by atoms with E-state index in [-0.39, 0.29) is 42.6 Å². The fraction of sp³-hybridized carbons (Fsp3) is 0.526. The molecular formula is C19H23ClF3N7O3. The summed E-state index contributed by atoms with van der Waals surface area (Å²) >= 11 is 5.91. The van der Waals surface area contributed by atoms with E-state index in [2.05, 4.69) is 25.5 Å². The molecule has 0 saturated carbocycles. The lowest BCUT2D eigenvalue weighted by atomic mass is 10.3. The molecule has 2 aromatic heterocycles. The number of H-pyrrole nitrogens is 1. The zero-order chi connectivity index (χ0) is 24.0. The van der Waals surface area contributed by atoms with Crippen LogP contribution >= 0.6 is 11.6 Å². The number of halogens is 4. The average molecular weight is 490 g/mol. The van der Waals surface area contributed by atoms with Gasteiger partial charge in [-0.25, -0.2) is 15.1 Å². The van der Waals surface area contributed by atoms with E-state index in [1.54, 1.807) is 9.80 Å². The molecular weight excluding hydrogens is 467 g/mol. The minimum Gasteiger partial charge on any atom is -0.379 e. The van der Waals surface area contributed by atoms with Gasteiger partial charge in [-0.1, -0.05) is 11.6 Å². The second-order valence-corrected chi connectivity index (χ2v) is 7.81. The number of ether oxygens (including phenoxy) is 1. The Hall–Kier alpha value is -2.93. The molecule has 1 fully saturated rings. The molecule has 1 unspecified atom stereocenters. The Morgan fingerprint density at radius 1 is 1.24 bits per heavy atom. The quantitative estimate of drug-likeness (QED) is 0.539. The summed E-state index contributed by atoms with van der Waals surface area (Å²) in [5, 5.41) is 8.93. The number of amides is 1. The van der Waals surface area contributed by atoms with Gasteiger partial charge in [-0.3, -0.25) is 9.59 Å². The minimum absolute atomic E-state index is 0.00728. The van der Waals surface area contributed by atoms with Crippen LogP contribution in [0.1, 0.15) is 18.9 Å². The molecule has 1 amide bonds. The number of anilines is 2. The summed E-state index contributed by atoms with van der Waals surface area (Å²) in [5.74, 6) is 0.126. The van der Waals surface area contributed by atoms with E-state index in [1.165, 1.54) is 6.20 Å². The van der Waals surface area contributed by atoms with Crippen molar-refractivity contribution in [2.45, 2.75) is 25.6 Å². The zero-order valence-corrected chi connectivity index (χ0v) is 18.5. The summed E-state index contributed by atoms with van der Waals surface area (Å²) in [5.41, 5.74) is -1.00. The predicted molar refractivity (Wildman–Crippen MR) is 114 cm³/mol. The van der Waals surface area contributed by atoms with E-state index < -0.39 is 17.3 Å². The van der Waals surface area contributed by atoms with Crippen LogP contribution in [0.3, 0.4) is 0 Å². The van der Waals surface area contributed by atoms with Crippen LogP contribution in [0.15, 0.2) is 23.4 Å². The molecule has 0 radical (unpaired) electrons. The molecule has 0 bridgehead atoms. The standard InChI is InChI=1S/C19H23ClF3N7O3/c1-12(27-14-10-26-28-17(32)16(14)20)11-33-7-2-15(31)29-3-5-30(6-4-29)18-24-8-13(9-25-18)19(21,22)23/h8-10,12H,2-7,11H2,1H3,(H2,27,28,32). The maximum absolute atomic E-state index is 12.6. The van der Waals surface area contributed by atoms with Gasteiger partial charge in [0.15, 0.2) is 0 Å². The monoisotopic (exact) mass is 489 g/mol. The van der Waals surface area contributed by atoms with Crippen molar-refractivity contribution >= 4 is 29.1 Å².